The van der Waals surface area contributed by atoms with Gasteiger partial charge in [-0.05, 0) is 30.7 Å². The van der Waals surface area contributed by atoms with Gasteiger partial charge in [-0.2, -0.15) is 0 Å². The van der Waals surface area contributed by atoms with Crippen molar-refractivity contribution in [3.05, 3.63) is 59.2 Å². The van der Waals surface area contributed by atoms with Gasteiger partial charge in [-0.25, -0.2) is 4.79 Å². The Bertz CT molecular complexity index is 679. The predicted octanol–water partition coefficient (Wildman–Crippen LogP) is 2.65. The fourth-order valence-electron chi connectivity index (χ4n) is 1.82. The molecule has 2 rings (SSSR count). The summed E-state index contributed by atoms with van der Waals surface area (Å²) < 4.78 is 0. The maximum Gasteiger partial charge on any atom is 0.339 e. The highest BCUT2D eigenvalue weighted by Crippen LogP contribution is 2.22. The Labute approximate surface area is 115 Å². The molecule has 0 bridgehead atoms. The van der Waals surface area contributed by atoms with Crippen molar-refractivity contribution in [2.75, 3.05) is 5.32 Å². The van der Waals surface area contributed by atoms with Crippen LogP contribution < -0.4 is 5.32 Å². The lowest BCUT2D eigenvalue weighted by atomic mass is 10.1. The second kappa shape index (κ2) is 5.44. The van der Waals surface area contributed by atoms with Crippen LogP contribution >= 0.6 is 0 Å². The fraction of sp³-hybridized carbons (Fsp3) is 0.0667. The van der Waals surface area contributed by atoms with Crippen molar-refractivity contribution in [3.63, 3.8) is 0 Å². The lowest BCUT2D eigenvalue weighted by Crippen LogP contribution is -2.13. The molecule has 0 heterocycles. The Balaban J connectivity index is 2.23. The summed E-state index contributed by atoms with van der Waals surface area (Å²) in [4.78, 5) is 22.8. The van der Waals surface area contributed by atoms with Crippen LogP contribution in [0.4, 0.5) is 5.69 Å². The van der Waals surface area contributed by atoms with Crippen molar-refractivity contribution < 1.29 is 19.8 Å². The minimum atomic E-state index is -1.22. The number of aromatic hydroxyl groups is 1. The molecule has 5 nitrogen and oxygen atoms in total. The van der Waals surface area contributed by atoms with E-state index in [1.54, 1.807) is 12.1 Å². The molecular formula is C15H13NO4. The van der Waals surface area contributed by atoms with Gasteiger partial charge in [-0.1, -0.05) is 18.2 Å². The minimum Gasteiger partial charge on any atom is -0.507 e. The van der Waals surface area contributed by atoms with E-state index in [4.69, 9.17) is 5.11 Å². The number of rotatable bonds is 3. The van der Waals surface area contributed by atoms with Crippen LogP contribution in [0, 0.1) is 6.92 Å². The minimum absolute atomic E-state index is 0.209. The smallest absolute Gasteiger partial charge is 0.339 e. The van der Waals surface area contributed by atoms with Crippen molar-refractivity contribution in [2.45, 2.75) is 6.92 Å². The van der Waals surface area contributed by atoms with Gasteiger partial charge in [0.05, 0.1) is 0 Å². The fourth-order valence-corrected chi connectivity index (χ4v) is 1.82. The highest BCUT2D eigenvalue weighted by atomic mass is 16.4. The van der Waals surface area contributed by atoms with Crippen molar-refractivity contribution in [3.8, 4) is 5.75 Å². The Hall–Kier alpha value is -2.82. The molecule has 0 saturated heterocycles. The summed E-state index contributed by atoms with van der Waals surface area (Å²) in [5, 5.41) is 21.0. The molecule has 0 unspecified atom stereocenters. The number of carboxylic acids is 1. The number of benzene rings is 2. The number of aromatic carboxylic acids is 1. The topological polar surface area (TPSA) is 86.6 Å². The number of hydrogen-bond donors (Lipinski definition) is 3. The molecule has 0 aliphatic rings. The van der Waals surface area contributed by atoms with Gasteiger partial charge in [-0.15, -0.1) is 0 Å². The van der Waals surface area contributed by atoms with E-state index in [2.05, 4.69) is 5.32 Å². The molecule has 0 atom stereocenters. The lowest BCUT2D eigenvalue weighted by Gasteiger charge is -2.08. The van der Waals surface area contributed by atoms with Crippen LogP contribution in [-0.2, 0) is 0 Å². The summed E-state index contributed by atoms with van der Waals surface area (Å²) in [6.07, 6.45) is 0. The molecule has 0 aliphatic heterocycles. The second-order valence-corrected chi connectivity index (χ2v) is 4.31. The normalized spacial score (nSPS) is 10.1. The quantitative estimate of drug-likeness (QED) is 0.801. The molecule has 3 N–H and O–H groups in total. The van der Waals surface area contributed by atoms with E-state index in [9.17, 15) is 14.7 Å². The number of carboxylic acid groups (broad SMARTS) is 1. The molecule has 2 aromatic rings. The van der Waals surface area contributed by atoms with Crippen molar-refractivity contribution >= 4 is 17.6 Å². The lowest BCUT2D eigenvalue weighted by molar-refractivity contribution is 0.0693. The first kappa shape index (κ1) is 13.6. The van der Waals surface area contributed by atoms with E-state index < -0.39 is 5.97 Å². The van der Waals surface area contributed by atoms with Gasteiger partial charge in [0.15, 0.2) is 0 Å². The summed E-state index contributed by atoms with van der Waals surface area (Å²) in [5.74, 6) is -1.93. The molecule has 0 radical (unpaired) electrons. The molecule has 5 heteroatoms. The molecule has 0 fully saturated rings. The standard InChI is InChI=1S/C15H13NO4/c1-9-4-2-3-5-11(9)14(18)16-10-6-7-12(15(19)20)13(17)8-10/h2-8,17H,1H3,(H,16,18)(H,19,20). The zero-order valence-electron chi connectivity index (χ0n) is 10.8. The highest BCUT2D eigenvalue weighted by molar-refractivity contribution is 6.05. The van der Waals surface area contributed by atoms with Gasteiger partial charge in [0.1, 0.15) is 11.3 Å². The Morgan fingerprint density at radius 3 is 2.35 bits per heavy atom. The molecule has 2 aromatic carbocycles. The number of anilines is 1. The molecule has 0 spiro atoms. The van der Waals surface area contributed by atoms with Gasteiger partial charge >= 0.3 is 5.97 Å². The van der Waals surface area contributed by atoms with Gasteiger partial charge in [-0.3, -0.25) is 4.79 Å². The third kappa shape index (κ3) is 2.77. The van der Waals surface area contributed by atoms with Gasteiger partial charge in [0.2, 0.25) is 0 Å². The van der Waals surface area contributed by atoms with Crippen LogP contribution in [0.15, 0.2) is 42.5 Å². The number of hydrogen-bond acceptors (Lipinski definition) is 3. The molecule has 102 valence electrons. The number of amides is 1. The van der Waals surface area contributed by atoms with Crippen LogP contribution in [-0.4, -0.2) is 22.1 Å². The highest BCUT2D eigenvalue weighted by Gasteiger charge is 2.12. The van der Waals surface area contributed by atoms with Gasteiger partial charge < -0.3 is 15.5 Å². The Morgan fingerprint density at radius 2 is 1.75 bits per heavy atom. The first-order chi connectivity index (χ1) is 9.49. The number of carbonyl (C=O) groups is 2. The van der Waals surface area contributed by atoms with Gasteiger partial charge in [0.25, 0.3) is 5.91 Å². The van der Waals surface area contributed by atoms with E-state index in [1.807, 2.05) is 19.1 Å². The van der Waals surface area contributed by atoms with E-state index in [0.29, 0.717) is 11.3 Å². The van der Waals surface area contributed by atoms with Crippen LogP contribution in [0.1, 0.15) is 26.3 Å². The van der Waals surface area contributed by atoms with Crippen molar-refractivity contribution in [2.24, 2.45) is 0 Å². The van der Waals surface area contributed by atoms with Crippen LogP contribution in [0.3, 0.4) is 0 Å². The molecular weight excluding hydrogens is 258 g/mol. The second-order valence-electron chi connectivity index (χ2n) is 4.31. The predicted molar refractivity (Wildman–Crippen MR) is 74.2 cm³/mol. The summed E-state index contributed by atoms with van der Waals surface area (Å²) in [6.45, 7) is 1.82. The summed E-state index contributed by atoms with van der Waals surface area (Å²) >= 11 is 0. The van der Waals surface area contributed by atoms with E-state index in [0.717, 1.165) is 5.56 Å². The molecule has 20 heavy (non-hydrogen) atoms. The maximum atomic E-state index is 12.1. The summed E-state index contributed by atoms with van der Waals surface area (Å²) in [5.41, 5.74) is 1.48. The number of phenols is 1. The monoisotopic (exact) mass is 271 g/mol. The SMILES string of the molecule is Cc1ccccc1C(=O)Nc1ccc(C(=O)O)c(O)c1. The zero-order chi connectivity index (χ0) is 14.7. The third-order valence-electron chi connectivity index (χ3n) is 2.88. The number of nitrogens with one attached hydrogen (secondary N) is 1. The van der Waals surface area contributed by atoms with Crippen LogP contribution in [0.2, 0.25) is 0 Å². The van der Waals surface area contributed by atoms with E-state index >= 15 is 0 Å². The van der Waals surface area contributed by atoms with Crippen molar-refractivity contribution in [1.29, 1.82) is 0 Å². The third-order valence-corrected chi connectivity index (χ3v) is 2.88. The summed E-state index contributed by atoms with van der Waals surface area (Å²) in [7, 11) is 0. The first-order valence-corrected chi connectivity index (χ1v) is 5.92. The molecule has 0 saturated carbocycles. The molecule has 0 aromatic heterocycles. The largest absolute Gasteiger partial charge is 0.507 e. The first-order valence-electron chi connectivity index (χ1n) is 5.92. The van der Waals surface area contributed by atoms with E-state index in [1.165, 1.54) is 18.2 Å². The van der Waals surface area contributed by atoms with Crippen molar-refractivity contribution in [1.82, 2.24) is 0 Å². The maximum absolute atomic E-state index is 12.1. The average Bonchev–Trinajstić information content (AvgIpc) is 2.38. The Kier molecular flexibility index (Phi) is 3.70. The van der Waals surface area contributed by atoms with Crippen LogP contribution in [0.25, 0.3) is 0 Å². The zero-order valence-corrected chi connectivity index (χ0v) is 10.8. The van der Waals surface area contributed by atoms with Gasteiger partial charge in [0, 0.05) is 17.3 Å². The molecule has 0 aliphatic carbocycles. The average molecular weight is 271 g/mol. The number of aryl methyl sites for hydroxylation is 1. The van der Waals surface area contributed by atoms with Crippen LogP contribution in [0.5, 0.6) is 5.75 Å². The molecule has 1 amide bonds. The number of carbonyl (C=O) groups excluding carboxylic acids is 1. The summed E-state index contributed by atoms with van der Waals surface area (Å²) in [6, 6.07) is 11.0. The Morgan fingerprint density at radius 1 is 1.05 bits per heavy atom. The van der Waals surface area contributed by atoms with E-state index in [-0.39, 0.29) is 17.2 Å².